The number of benzene rings is 1. The van der Waals surface area contributed by atoms with E-state index >= 15 is 0 Å². The minimum absolute atomic E-state index is 0.0271. The molecule has 1 heterocycles. The molecule has 1 aromatic carbocycles. The molecule has 4 heteroatoms. The molecule has 1 N–H and O–H groups in total. The van der Waals surface area contributed by atoms with Crippen molar-refractivity contribution in [2.75, 3.05) is 0 Å². The molecule has 0 aliphatic rings. The molecule has 1 atom stereocenters. The highest BCUT2D eigenvalue weighted by Crippen LogP contribution is 2.28. The molecule has 102 valence electrons. The highest BCUT2D eigenvalue weighted by molar-refractivity contribution is 7.09. The predicted molar refractivity (Wildman–Crippen MR) is 78.1 cm³/mol. The third kappa shape index (κ3) is 3.39. The van der Waals surface area contributed by atoms with Gasteiger partial charge in [-0.25, -0.2) is 9.37 Å². The van der Waals surface area contributed by atoms with Crippen LogP contribution in [0.5, 0.6) is 0 Å². The second-order valence-electron chi connectivity index (χ2n) is 5.08. The Labute approximate surface area is 117 Å². The summed E-state index contributed by atoms with van der Waals surface area (Å²) in [7, 11) is 0. The normalized spacial score (nSPS) is 12.9. The van der Waals surface area contributed by atoms with Gasteiger partial charge in [-0.1, -0.05) is 6.07 Å². The van der Waals surface area contributed by atoms with Gasteiger partial charge in [0.05, 0.1) is 6.04 Å². The third-order valence-electron chi connectivity index (χ3n) is 2.93. The number of aromatic nitrogens is 1. The summed E-state index contributed by atoms with van der Waals surface area (Å²) in [6, 6.07) is 5.29. The second kappa shape index (κ2) is 5.80. The minimum atomic E-state index is -0.195. The van der Waals surface area contributed by atoms with E-state index in [4.69, 9.17) is 0 Å². The van der Waals surface area contributed by atoms with Gasteiger partial charge in [0.15, 0.2) is 0 Å². The van der Waals surface area contributed by atoms with E-state index in [1.54, 1.807) is 17.4 Å². The maximum atomic E-state index is 13.2. The topological polar surface area (TPSA) is 24.9 Å². The molecular weight excluding hydrogens is 259 g/mol. The fourth-order valence-electron chi connectivity index (χ4n) is 2.10. The number of nitrogens with one attached hydrogen (secondary N) is 1. The molecule has 0 radical (unpaired) electrons. The molecule has 0 saturated carbocycles. The van der Waals surface area contributed by atoms with Gasteiger partial charge in [0, 0.05) is 17.1 Å². The monoisotopic (exact) mass is 278 g/mol. The maximum Gasteiger partial charge on any atom is 0.123 e. The zero-order chi connectivity index (χ0) is 14.0. The average molecular weight is 278 g/mol. The van der Waals surface area contributed by atoms with Crippen LogP contribution in [0.2, 0.25) is 0 Å². The van der Waals surface area contributed by atoms with Gasteiger partial charge >= 0.3 is 0 Å². The first kappa shape index (κ1) is 14.2. The lowest BCUT2D eigenvalue weighted by Crippen LogP contribution is -2.29. The van der Waals surface area contributed by atoms with Crippen molar-refractivity contribution in [1.82, 2.24) is 10.3 Å². The highest BCUT2D eigenvalue weighted by Gasteiger charge is 2.20. The van der Waals surface area contributed by atoms with Gasteiger partial charge in [-0.2, -0.15) is 0 Å². The first-order valence-electron chi connectivity index (χ1n) is 6.41. The summed E-state index contributed by atoms with van der Waals surface area (Å²) in [6.07, 6.45) is 0. The Hall–Kier alpha value is -1.26. The van der Waals surface area contributed by atoms with Crippen molar-refractivity contribution in [1.29, 1.82) is 0 Å². The lowest BCUT2D eigenvalue weighted by molar-refractivity contribution is 0.523. The molecule has 0 aliphatic heterocycles. The quantitative estimate of drug-likeness (QED) is 0.915. The highest BCUT2D eigenvalue weighted by atomic mass is 32.1. The Morgan fingerprint density at radius 1 is 1.26 bits per heavy atom. The molecular formula is C15H19FN2S. The number of thiazole rings is 1. The molecule has 0 amide bonds. The van der Waals surface area contributed by atoms with E-state index in [2.05, 4.69) is 24.1 Å². The second-order valence-corrected chi connectivity index (χ2v) is 5.97. The number of nitrogens with zero attached hydrogens (tertiary/aromatic N) is 1. The summed E-state index contributed by atoms with van der Waals surface area (Å²) in [5.74, 6) is -0.195. The van der Waals surface area contributed by atoms with Crippen LogP contribution in [0.15, 0.2) is 23.6 Å². The van der Waals surface area contributed by atoms with Gasteiger partial charge in [-0.15, -0.1) is 11.3 Å². The summed E-state index contributed by atoms with van der Waals surface area (Å²) in [6.45, 7) is 8.14. The van der Waals surface area contributed by atoms with Gasteiger partial charge in [0.1, 0.15) is 10.8 Å². The van der Waals surface area contributed by atoms with E-state index in [1.165, 1.54) is 6.07 Å². The van der Waals surface area contributed by atoms with Crippen molar-refractivity contribution < 1.29 is 4.39 Å². The number of aryl methyl sites for hydroxylation is 2. The van der Waals surface area contributed by atoms with Crippen LogP contribution in [-0.4, -0.2) is 11.0 Å². The molecule has 2 aromatic rings. The molecule has 2 rings (SSSR count). The molecule has 19 heavy (non-hydrogen) atoms. The molecule has 1 unspecified atom stereocenters. The fourth-order valence-corrected chi connectivity index (χ4v) is 2.97. The SMILES string of the molecule is Cc1csc(C(NC(C)C)c2ccc(F)cc2C)n1. The Balaban J connectivity index is 2.42. The van der Waals surface area contributed by atoms with Crippen molar-refractivity contribution in [2.45, 2.75) is 39.8 Å². The largest absolute Gasteiger partial charge is 0.302 e. The molecule has 1 aromatic heterocycles. The number of hydrogen-bond donors (Lipinski definition) is 1. The van der Waals surface area contributed by atoms with E-state index in [1.807, 2.05) is 25.3 Å². The van der Waals surface area contributed by atoms with Gasteiger partial charge in [0.25, 0.3) is 0 Å². The van der Waals surface area contributed by atoms with Gasteiger partial charge in [0.2, 0.25) is 0 Å². The molecule has 0 fully saturated rings. The summed E-state index contributed by atoms with van der Waals surface area (Å²) >= 11 is 1.64. The van der Waals surface area contributed by atoms with Crippen LogP contribution in [0.1, 0.15) is 41.7 Å². The van der Waals surface area contributed by atoms with Crippen molar-refractivity contribution >= 4 is 11.3 Å². The summed E-state index contributed by atoms with van der Waals surface area (Å²) in [5, 5.41) is 6.58. The molecule has 2 nitrogen and oxygen atoms in total. The van der Waals surface area contributed by atoms with Crippen molar-refractivity contribution in [3.63, 3.8) is 0 Å². The zero-order valence-corrected chi connectivity index (χ0v) is 12.5. The fraction of sp³-hybridized carbons (Fsp3) is 0.400. The van der Waals surface area contributed by atoms with E-state index in [9.17, 15) is 4.39 Å². The van der Waals surface area contributed by atoms with Crippen LogP contribution in [0.3, 0.4) is 0 Å². The van der Waals surface area contributed by atoms with Crippen molar-refractivity contribution in [2.24, 2.45) is 0 Å². The smallest absolute Gasteiger partial charge is 0.123 e. The first-order valence-corrected chi connectivity index (χ1v) is 7.29. The van der Waals surface area contributed by atoms with Crippen LogP contribution < -0.4 is 5.32 Å². The number of rotatable bonds is 4. The van der Waals surface area contributed by atoms with E-state index < -0.39 is 0 Å². The number of hydrogen-bond acceptors (Lipinski definition) is 3. The van der Waals surface area contributed by atoms with Crippen LogP contribution >= 0.6 is 11.3 Å². The van der Waals surface area contributed by atoms with Gasteiger partial charge in [-0.3, -0.25) is 0 Å². The van der Waals surface area contributed by atoms with Gasteiger partial charge in [-0.05, 0) is 51.0 Å². The van der Waals surface area contributed by atoms with E-state index in [0.717, 1.165) is 21.8 Å². The van der Waals surface area contributed by atoms with Crippen molar-refractivity contribution in [3.05, 3.63) is 51.2 Å². The molecule has 0 bridgehead atoms. The van der Waals surface area contributed by atoms with Crippen molar-refractivity contribution in [3.8, 4) is 0 Å². The zero-order valence-electron chi connectivity index (χ0n) is 11.7. The van der Waals surface area contributed by atoms with Gasteiger partial charge < -0.3 is 5.32 Å². The molecule has 0 saturated heterocycles. The maximum absolute atomic E-state index is 13.2. The van der Waals surface area contributed by atoms with Crippen LogP contribution in [-0.2, 0) is 0 Å². The lowest BCUT2D eigenvalue weighted by Gasteiger charge is -2.21. The van der Waals surface area contributed by atoms with E-state index in [-0.39, 0.29) is 11.9 Å². The Bertz CT molecular complexity index is 563. The van der Waals surface area contributed by atoms with Crippen LogP contribution in [0, 0.1) is 19.7 Å². The Kier molecular flexibility index (Phi) is 4.32. The summed E-state index contributed by atoms with van der Waals surface area (Å²) in [4.78, 5) is 4.57. The lowest BCUT2D eigenvalue weighted by atomic mass is 10.0. The Morgan fingerprint density at radius 2 is 2.00 bits per heavy atom. The average Bonchev–Trinajstić information content (AvgIpc) is 2.73. The van der Waals surface area contributed by atoms with E-state index in [0.29, 0.717) is 6.04 Å². The summed E-state index contributed by atoms with van der Waals surface area (Å²) in [5.41, 5.74) is 3.06. The predicted octanol–water partition coefficient (Wildman–Crippen LogP) is 3.99. The molecule has 0 aliphatic carbocycles. The minimum Gasteiger partial charge on any atom is -0.302 e. The molecule has 0 spiro atoms. The van der Waals surface area contributed by atoms with Crippen LogP contribution in [0.4, 0.5) is 4.39 Å². The summed E-state index contributed by atoms with van der Waals surface area (Å²) < 4.78 is 13.2. The standard InChI is InChI=1S/C15H19FN2S/c1-9(2)17-14(15-18-11(4)8-19-15)13-6-5-12(16)7-10(13)3/h5-9,14,17H,1-4H3. The first-order chi connectivity index (χ1) is 8.97. The van der Waals surface area contributed by atoms with Crippen LogP contribution in [0.25, 0.3) is 0 Å². The number of halogens is 1. The third-order valence-corrected chi connectivity index (χ3v) is 3.95. The Morgan fingerprint density at radius 3 is 2.53 bits per heavy atom.